The number of carbonyl (C=O) groups excluding carboxylic acids is 9. The van der Waals surface area contributed by atoms with Crippen molar-refractivity contribution in [2.45, 2.75) is 95.7 Å². The third-order valence-corrected chi connectivity index (χ3v) is 14.0. The Morgan fingerprint density at radius 1 is 0.853 bits per heavy atom. The molecule has 2 aromatic heterocycles. The highest BCUT2D eigenvalue weighted by Crippen LogP contribution is 2.52. The number of carbonyl (C=O) groups is 9. The molecule has 392 valence electrons. The van der Waals surface area contributed by atoms with Crippen molar-refractivity contribution in [2.24, 2.45) is 0 Å². The summed E-state index contributed by atoms with van der Waals surface area (Å²) in [5.41, 5.74) is 3.44. The number of hydrogen-bond donors (Lipinski definition) is 6. The van der Waals surface area contributed by atoms with Gasteiger partial charge in [-0.2, -0.15) is 0 Å². The smallest absolute Gasteiger partial charge is 0.346 e. The lowest BCUT2D eigenvalue weighted by atomic mass is 9.81. The van der Waals surface area contributed by atoms with Gasteiger partial charge in [0.1, 0.15) is 37.9 Å². The zero-order valence-electron chi connectivity index (χ0n) is 41.1. The Kier molecular flexibility index (Phi) is 15.0. The molecule has 23 heteroatoms. The van der Waals surface area contributed by atoms with Gasteiger partial charge in [-0.15, -0.1) is 0 Å². The van der Waals surface area contributed by atoms with Crippen LogP contribution in [-0.4, -0.2) is 119 Å². The van der Waals surface area contributed by atoms with Crippen molar-refractivity contribution in [1.82, 2.24) is 46.4 Å². The molecule has 1 aliphatic carbocycles. The number of fused-ring (bicyclic) bond motifs is 6. The summed E-state index contributed by atoms with van der Waals surface area (Å²) in [4.78, 5) is 133. The van der Waals surface area contributed by atoms with Crippen molar-refractivity contribution in [2.75, 3.05) is 39.5 Å². The molecule has 0 radical (unpaired) electrons. The Balaban J connectivity index is 0.741. The number of aromatic nitrogens is 2. The monoisotopic (exact) mass is 1030 g/mol. The third-order valence-electron chi connectivity index (χ3n) is 14.0. The lowest BCUT2D eigenvalue weighted by Gasteiger charge is -2.29. The molecule has 0 saturated carbocycles. The lowest BCUT2D eigenvalue weighted by molar-refractivity contribution is -0.154. The second-order valence-electron chi connectivity index (χ2n) is 18.9. The molecule has 6 heterocycles. The van der Waals surface area contributed by atoms with Crippen molar-refractivity contribution in [3.63, 3.8) is 0 Å². The number of halogens is 1. The Morgan fingerprint density at radius 2 is 1.56 bits per heavy atom. The number of cyclic esters (lactones) is 1. The van der Waals surface area contributed by atoms with Crippen LogP contribution in [0.15, 0.2) is 59.4 Å². The third kappa shape index (κ3) is 10.8. The molecule has 22 nitrogen and oxygen atoms in total. The molecular weight excluding hydrogens is 978 g/mol. The van der Waals surface area contributed by atoms with Crippen molar-refractivity contribution in [3.8, 4) is 11.4 Å². The van der Waals surface area contributed by atoms with E-state index in [9.17, 15) is 47.9 Å². The Hall–Kier alpha value is -8.18. The molecule has 6 N–H and O–H groups in total. The number of nitrogens with one attached hydrogen (secondary N) is 6. The first-order valence-electron chi connectivity index (χ1n) is 24.6. The van der Waals surface area contributed by atoms with E-state index in [1.807, 2.05) is 0 Å². The van der Waals surface area contributed by atoms with Crippen LogP contribution in [0.1, 0.15) is 84.0 Å². The van der Waals surface area contributed by atoms with Gasteiger partial charge in [0.05, 0.1) is 54.7 Å². The lowest BCUT2D eigenvalue weighted by Crippen LogP contribution is -2.52. The van der Waals surface area contributed by atoms with E-state index in [4.69, 9.17) is 19.2 Å². The minimum absolute atomic E-state index is 0.0427. The number of hydrogen-bond acceptors (Lipinski definition) is 14. The Labute approximate surface area is 427 Å². The summed E-state index contributed by atoms with van der Waals surface area (Å²) in [5, 5.41) is 16.1. The minimum Gasteiger partial charge on any atom is -0.458 e. The zero-order valence-corrected chi connectivity index (χ0v) is 41.1. The highest BCUT2D eigenvalue weighted by atomic mass is 19.1. The molecule has 9 rings (SSSR count). The maximum absolute atomic E-state index is 15.4. The van der Waals surface area contributed by atoms with Gasteiger partial charge in [-0.05, 0) is 67.9 Å². The van der Waals surface area contributed by atoms with Crippen LogP contribution in [0.3, 0.4) is 0 Å². The van der Waals surface area contributed by atoms with E-state index in [2.05, 4.69) is 31.9 Å². The van der Waals surface area contributed by atoms with Gasteiger partial charge in [0.15, 0.2) is 0 Å². The van der Waals surface area contributed by atoms with Crippen LogP contribution in [0.4, 0.5) is 4.39 Å². The molecule has 0 bridgehead atoms. The fourth-order valence-corrected chi connectivity index (χ4v) is 10.1. The quantitative estimate of drug-likeness (QED) is 0.0190. The average molecular weight is 1030 g/mol. The number of pyridine rings is 2. The largest absolute Gasteiger partial charge is 0.458 e. The summed E-state index contributed by atoms with van der Waals surface area (Å²) in [6.45, 7) is 1.24. The van der Waals surface area contributed by atoms with Crippen molar-refractivity contribution in [3.05, 3.63) is 110 Å². The maximum atomic E-state index is 15.4. The second-order valence-corrected chi connectivity index (χ2v) is 18.9. The van der Waals surface area contributed by atoms with Crippen LogP contribution in [0.25, 0.3) is 22.3 Å². The molecule has 2 aromatic carbocycles. The topological polar surface area (TPSA) is 295 Å². The number of ether oxygens (including phenoxy) is 3. The SMILES string of the molecule is Cc1c(F)cc2nc3c(c4c2c1CC[C@@H]4NC(=O)COCNC(=O)CNC(=O)C(Cc1ccccc1)NC(=O)CNC(=O)CNC(=O)CCCCCN1C(=O)C=CC1=O)Cn1c-3cc2c(c1=O)COC(=O)[C@@]21OC1C. The first-order valence-corrected chi connectivity index (χ1v) is 24.6. The molecule has 75 heavy (non-hydrogen) atoms. The van der Waals surface area contributed by atoms with Gasteiger partial charge in [0, 0.05) is 54.1 Å². The number of benzene rings is 2. The van der Waals surface area contributed by atoms with Gasteiger partial charge in [0.25, 0.3) is 17.4 Å². The summed E-state index contributed by atoms with van der Waals surface area (Å²) in [7, 11) is 0. The van der Waals surface area contributed by atoms with Crippen LogP contribution in [0, 0.1) is 12.7 Å². The number of esters is 1. The first kappa shape index (κ1) is 51.7. The predicted octanol–water partition coefficient (Wildman–Crippen LogP) is 0.299. The number of aryl methyl sites for hydroxylation is 1. The molecule has 4 aromatic rings. The van der Waals surface area contributed by atoms with Crippen LogP contribution < -0.4 is 37.5 Å². The summed E-state index contributed by atoms with van der Waals surface area (Å²) in [6.07, 6.45) is 4.43. The Morgan fingerprint density at radius 3 is 2.31 bits per heavy atom. The Bertz CT molecular complexity index is 3140. The van der Waals surface area contributed by atoms with E-state index in [-0.39, 0.29) is 49.9 Å². The molecule has 4 aliphatic heterocycles. The summed E-state index contributed by atoms with van der Waals surface area (Å²) >= 11 is 0. The van der Waals surface area contributed by atoms with Crippen molar-refractivity contribution < 1.29 is 61.8 Å². The fraction of sp³-hybridized carbons (Fsp3) is 0.404. The van der Waals surface area contributed by atoms with Crippen LogP contribution >= 0.6 is 0 Å². The van der Waals surface area contributed by atoms with Crippen molar-refractivity contribution >= 4 is 64.1 Å². The number of epoxide rings is 1. The van der Waals surface area contributed by atoms with Gasteiger partial charge < -0.3 is 50.7 Å². The molecule has 5 aliphatic rings. The van der Waals surface area contributed by atoms with E-state index < -0.39 is 104 Å². The van der Waals surface area contributed by atoms with E-state index in [1.54, 1.807) is 54.8 Å². The number of nitrogens with zero attached hydrogens (tertiary/aromatic N) is 3. The normalized spacial score (nSPS) is 18.9. The van der Waals surface area contributed by atoms with E-state index >= 15 is 4.39 Å². The molecule has 1 saturated heterocycles. The molecule has 2 unspecified atom stereocenters. The molecule has 4 atom stereocenters. The van der Waals surface area contributed by atoms with E-state index in [0.717, 1.165) is 10.5 Å². The standard InChI is InChI=1S/C52H54FN9O13/c1-27-30-12-13-35(47-31-23-62-38(48(31)60-36(46(30)47)19-34(27)53)18-33-32(50(62)71)24-74-51(72)52(33)28(2)75-52)58-43(67)25-73-26-57-41(65)21-56-49(70)37(17-29-9-5-3-6-10-29)59-42(66)22-55-40(64)20-54-39(63)11-7-4-8-16-61-44(68)14-15-45(61)69/h3,5-6,9-10,14-15,18-19,28,35,37H,4,7-8,11-13,16-17,20-26H2,1-2H3,(H,54,63)(H,55,64)(H,56,70)(H,57,65)(H,58,67)(H,59,66)/t28?,35-,37?,52-/m0/s1. The van der Waals surface area contributed by atoms with Gasteiger partial charge in [-0.25, -0.2) is 14.2 Å². The second kappa shape index (κ2) is 21.7. The molecule has 1 spiro atoms. The van der Waals surface area contributed by atoms with Gasteiger partial charge >= 0.3 is 5.97 Å². The summed E-state index contributed by atoms with van der Waals surface area (Å²) in [6, 6.07) is 10.1. The molecular formula is C52H54FN9O13. The predicted molar refractivity (Wildman–Crippen MR) is 261 cm³/mol. The average Bonchev–Trinajstić information content (AvgIpc) is 3.83. The molecule has 1 fully saturated rings. The summed E-state index contributed by atoms with van der Waals surface area (Å²) < 4.78 is 33.5. The first-order chi connectivity index (χ1) is 36.0. The van der Waals surface area contributed by atoms with Crippen LogP contribution in [0.2, 0.25) is 0 Å². The zero-order chi connectivity index (χ0) is 53.1. The number of rotatable bonds is 21. The maximum Gasteiger partial charge on any atom is 0.346 e. The van der Waals surface area contributed by atoms with E-state index in [0.29, 0.717) is 87.8 Å². The number of amides is 8. The van der Waals surface area contributed by atoms with Crippen molar-refractivity contribution in [1.29, 1.82) is 0 Å². The van der Waals surface area contributed by atoms with Crippen LogP contribution in [0.5, 0.6) is 0 Å². The highest BCUT2D eigenvalue weighted by Gasteiger charge is 2.66. The highest BCUT2D eigenvalue weighted by molar-refractivity contribution is 6.12. The van der Waals surface area contributed by atoms with Gasteiger partial charge in [0.2, 0.25) is 41.0 Å². The number of imide groups is 1. The summed E-state index contributed by atoms with van der Waals surface area (Å²) in [5.74, 6) is -5.41. The minimum atomic E-state index is -1.39. The molecule has 8 amide bonds. The van der Waals surface area contributed by atoms with Crippen LogP contribution in [-0.2, 0) is 89.0 Å². The van der Waals surface area contributed by atoms with Gasteiger partial charge in [-0.1, -0.05) is 36.8 Å². The van der Waals surface area contributed by atoms with E-state index in [1.165, 1.54) is 18.2 Å². The fourth-order valence-electron chi connectivity index (χ4n) is 10.1. The number of unbranched alkanes of at least 4 members (excludes halogenated alkanes) is 2. The van der Waals surface area contributed by atoms with Gasteiger partial charge in [-0.3, -0.25) is 48.1 Å².